The molecule has 6 nitrogen and oxygen atoms in total. The molecule has 0 N–H and O–H groups in total. The molecule has 0 saturated heterocycles. The van der Waals surface area contributed by atoms with Crippen LogP contribution in [0.3, 0.4) is 0 Å². The van der Waals surface area contributed by atoms with Crippen molar-refractivity contribution in [3.8, 4) is 40.0 Å². The minimum Gasteiger partial charge on any atom is -0.497 e. The Labute approximate surface area is 165 Å². The molecule has 0 aliphatic heterocycles. The number of methoxy groups -OCH3 is 1. The molecular formula is C22H15FN4O2. The molecule has 3 heterocycles. The molecule has 0 saturated carbocycles. The van der Waals surface area contributed by atoms with Gasteiger partial charge in [0.2, 0.25) is 5.89 Å². The van der Waals surface area contributed by atoms with E-state index in [1.165, 1.54) is 12.1 Å². The highest BCUT2D eigenvalue weighted by molar-refractivity contribution is 5.79. The number of hydrogen-bond donors (Lipinski definition) is 0. The summed E-state index contributed by atoms with van der Waals surface area (Å²) in [5.74, 6) is 1.08. The van der Waals surface area contributed by atoms with Crippen LogP contribution >= 0.6 is 0 Å². The van der Waals surface area contributed by atoms with E-state index in [0.717, 1.165) is 17.0 Å². The molecule has 5 rings (SSSR count). The highest BCUT2D eigenvalue weighted by atomic mass is 19.1. The first-order chi connectivity index (χ1) is 14.2. The van der Waals surface area contributed by atoms with Crippen molar-refractivity contribution in [2.45, 2.75) is 0 Å². The van der Waals surface area contributed by atoms with E-state index < -0.39 is 0 Å². The molecule has 0 bridgehead atoms. The predicted molar refractivity (Wildman–Crippen MR) is 106 cm³/mol. The average molecular weight is 386 g/mol. The highest BCUT2D eigenvalue weighted by Crippen LogP contribution is 2.34. The number of nitrogens with zero attached hydrogens (tertiary/aromatic N) is 4. The lowest BCUT2D eigenvalue weighted by atomic mass is 10.1. The van der Waals surface area contributed by atoms with Crippen molar-refractivity contribution in [2.75, 3.05) is 7.11 Å². The summed E-state index contributed by atoms with van der Waals surface area (Å²) in [6, 6.07) is 19.3. The van der Waals surface area contributed by atoms with Crippen LogP contribution in [-0.2, 0) is 0 Å². The first-order valence-electron chi connectivity index (χ1n) is 8.94. The van der Waals surface area contributed by atoms with Crippen LogP contribution in [0.25, 0.3) is 39.9 Å². The maximum absolute atomic E-state index is 13.2. The highest BCUT2D eigenvalue weighted by Gasteiger charge is 2.21. The minimum atomic E-state index is -0.322. The van der Waals surface area contributed by atoms with E-state index in [-0.39, 0.29) is 5.82 Å². The van der Waals surface area contributed by atoms with Gasteiger partial charge in [-0.25, -0.2) is 9.37 Å². The van der Waals surface area contributed by atoms with Gasteiger partial charge in [0.1, 0.15) is 28.6 Å². The first kappa shape index (κ1) is 17.1. The van der Waals surface area contributed by atoms with Crippen molar-refractivity contribution in [3.05, 3.63) is 78.7 Å². The number of rotatable bonds is 4. The first-order valence-corrected chi connectivity index (χ1v) is 8.94. The number of hydrogen-bond acceptors (Lipinski definition) is 5. The second-order valence-corrected chi connectivity index (χ2v) is 6.39. The van der Waals surface area contributed by atoms with Crippen LogP contribution in [0.1, 0.15) is 0 Å². The summed E-state index contributed by atoms with van der Waals surface area (Å²) < 4.78 is 26.3. The Morgan fingerprint density at radius 2 is 1.59 bits per heavy atom. The third-order valence-electron chi connectivity index (χ3n) is 4.61. The second kappa shape index (κ2) is 6.87. The topological polar surface area (TPSA) is 65.5 Å². The standard InChI is InChI=1S/C22H15FN4O2/c1-28-17-11-7-14(8-12-17)19-20(27-13-3-2-4-18(27)24-19)22-26-25-21(29-22)15-5-9-16(23)10-6-15/h2-13H,1H3. The smallest absolute Gasteiger partial charge is 0.267 e. The van der Waals surface area contributed by atoms with E-state index in [1.54, 1.807) is 19.2 Å². The van der Waals surface area contributed by atoms with Crippen LogP contribution < -0.4 is 4.74 Å². The van der Waals surface area contributed by atoms with E-state index in [9.17, 15) is 4.39 Å². The van der Waals surface area contributed by atoms with Gasteiger partial charge in [-0.2, -0.15) is 0 Å². The average Bonchev–Trinajstić information content (AvgIpc) is 3.39. The lowest BCUT2D eigenvalue weighted by Crippen LogP contribution is -1.90. The Hall–Kier alpha value is -4.00. The molecule has 0 fully saturated rings. The van der Waals surface area contributed by atoms with Gasteiger partial charge in [0.05, 0.1) is 7.11 Å². The number of benzene rings is 2. The number of pyridine rings is 1. The SMILES string of the molecule is COc1ccc(-c2nc3ccccn3c2-c2nnc(-c3ccc(F)cc3)o2)cc1. The molecule has 3 aromatic heterocycles. The lowest BCUT2D eigenvalue weighted by molar-refractivity contribution is 0.415. The summed E-state index contributed by atoms with van der Waals surface area (Å²) in [5, 5.41) is 8.37. The van der Waals surface area contributed by atoms with E-state index in [2.05, 4.69) is 10.2 Å². The van der Waals surface area contributed by atoms with E-state index in [1.807, 2.05) is 53.1 Å². The van der Waals surface area contributed by atoms with E-state index in [4.69, 9.17) is 14.1 Å². The van der Waals surface area contributed by atoms with Gasteiger partial charge in [-0.15, -0.1) is 10.2 Å². The largest absolute Gasteiger partial charge is 0.497 e. The molecule has 29 heavy (non-hydrogen) atoms. The zero-order chi connectivity index (χ0) is 19.8. The van der Waals surface area contributed by atoms with Crippen LogP contribution in [0, 0.1) is 5.82 Å². The van der Waals surface area contributed by atoms with Crippen LogP contribution in [0.5, 0.6) is 5.75 Å². The predicted octanol–water partition coefficient (Wildman–Crippen LogP) is 4.87. The van der Waals surface area contributed by atoms with Crippen molar-refractivity contribution in [1.82, 2.24) is 19.6 Å². The third kappa shape index (κ3) is 3.02. The van der Waals surface area contributed by atoms with Gasteiger partial charge >= 0.3 is 0 Å². The number of imidazole rings is 1. The summed E-state index contributed by atoms with van der Waals surface area (Å²) in [5.41, 5.74) is 3.70. The molecule has 0 aliphatic carbocycles. The molecule has 2 aromatic carbocycles. The van der Waals surface area contributed by atoms with Gasteiger partial charge in [0.15, 0.2) is 0 Å². The van der Waals surface area contributed by atoms with Crippen molar-refractivity contribution in [2.24, 2.45) is 0 Å². The van der Waals surface area contributed by atoms with Crippen molar-refractivity contribution >= 4 is 5.65 Å². The van der Waals surface area contributed by atoms with Crippen molar-refractivity contribution in [1.29, 1.82) is 0 Å². The van der Waals surface area contributed by atoms with Crippen LogP contribution in [0.2, 0.25) is 0 Å². The number of halogens is 1. The number of fused-ring (bicyclic) bond motifs is 1. The lowest BCUT2D eigenvalue weighted by Gasteiger charge is -2.03. The summed E-state index contributed by atoms with van der Waals surface area (Å²) in [6.45, 7) is 0. The Kier molecular flexibility index (Phi) is 4.05. The molecule has 0 radical (unpaired) electrons. The summed E-state index contributed by atoms with van der Waals surface area (Å²) in [4.78, 5) is 4.75. The van der Waals surface area contributed by atoms with Crippen molar-refractivity contribution < 1.29 is 13.5 Å². The molecule has 142 valence electrons. The van der Waals surface area contributed by atoms with E-state index in [0.29, 0.717) is 28.7 Å². The van der Waals surface area contributed by atoms with Gasteiger partial charge in [-0.1, -0.05) is 6.07 Å². The summed E-state index contributed by atoms with van der Waals surface area (Å²) in [7, 11) is 1.63. The number of aromatic nitrogens is 4. The van der Waals surface area contributed by atoms with Crippen LogP contribution in [-0.4, -0.2) is 26.7 Å². The summed E-state index contributed by atoms with van der Waals surface area (Å²) in [6.07, 6.45) is 1.90. The van der Waals surface area contributed by atoms with Crippen LogP contribution in [0.15, 0.2) is 77.3 Å². The monoisotopic (exact) mass is 386 g/mol. The molecule has 0 amide bonds. The molecule has 0 atom stereocenters. The molecule has 7 heteroatoms. The molecule has 5 aromatic rings. The third-order valence-corrected chi connectivity index (χ3v) is 4.61. The number of ether oxygens (including phenoxy) is 1. The molecular weight excluding hydrogens is 371 g/mol. The van der Waals surface area contributed by atoms with Gasteiger partial charge in [0, 0.05) is 17.3 Å². The Balaban J connectivity index is 1.67. The molecule has 0 spiro atoms. The molecule has 0 aliphatic rings. The minimum absolute atomic E-state index is 0.312. The van der Waals surface area contributed by atoms with Crippen molar-refractivity contribution in [3.63, 3.8) is 0 Å². The van der Waals surface area contributed by atoms with Gasteiger partial charge in [0.25, 0.3) is 5.89 Å². The second-order valence-electron chi connectivity index (χ2n) is 6.39. The van der Waals surface area contributed by atoms with E-state index >= 15 is 0 Å². The quantitative estimate of drug-likeness (QED) is 0.441. The van der Waals surface area contributed by atoms with Gasteiger partial charge in [-0.3, -0.25) is 4.40 Å². The Bertz CT molecular complexity index is 1290. The Morgan fingerprint density at radius 1 is 0.862 bits per heavy atom. The Morgan fingerprint density at radius 3 is 2.34 bits per heavy atom. The van der Waals surface area contributed by atoms with Crippen LogP contribution in [0.4, 0.5) is 4.39 Å². The maximum Gasteiger partial charge on any atom is 0.267 e. The molecule has 0 unspecified atom stereocenters. The fraction of sp³-hybridized carbons (Fsp3) is 0.0455. The van der Waals surface area contributed by atoms with Gasteiger partial charge in [-0.05, 0) is 60.7 Å². The fourth-order valence-electron chi connectivity index (χ4n) is 3.18. The maximum atomic E-state index is 13.2. The fourth-order valence-corrected chi connectivity index (χ4v) is 3.18. The zero-order valence-electron chi connectivity index (χ0n) is 15.4. The zero-order valence-corrected chi connectivity index (χ0v) is 15.4. The summed E-state index contributed by atoms with van der Waals surface area (Å²) >= 11 is 0. The van der Waals surface area contributed by atoms with Gasteiger partial charge < -0.3 is 9.15 Å². The normalized spacial score (nSPS) is 11.1.